The Hall–Kier alpha value is -0.120. The van der Waals surface area contributed by atoms with Gasteiger partial charge in [-0.05, 0) is 6.42 Å². The summed E-state index contributed by atoms with van der Waals surface area (Å²) < 4.78 is 5.03. The summed E-state index contributed by atoms with van der Waals surface area (Å²) in [4.78, 5) is 0. The number of aliphatic hydroxyl groups is 2. The van der Waals surface area contributed by atoms with Crippen LogP contribution in [-0.2, 0) is 4.74 Å². The summed E-state index contributed by atoms with van der Waals surface area (Å²) in [5.41, 5.74) is 0. The number of rotatable bonds is 1. The van der Waals surface area contributed by atoms with Gasteiger partial charge in [-0.15, -0.1) is 0 Å². The van der Waals surface area contributed by atoms with Crippen LogP contribution < -0.4 is 0 Å². The van der Waals surface area contributed by atoms with Crippen LogP contribution in [0.3, 0.4) is 0 Å². The van der Waals surface area contributed by atoms with E-state index in [0.717, 1.165) is 6.42 Å². The molecule has 1 rings (SSSR count). The summed E-state index contributed by atoms with van der Waals surface area (Å²) in [6.07, 6.45) is -0.733. The third kappa shape index (κ3) is 1.23. The van der Waals surface area contributed by atoms with Gasteiger partial charge < -0.3 is 14.9 Å². The lowest BCUT2D eigenvalue weighted by molar-refractivity contribution is 0.0218. The summed E-state index contributed by atoms with van der Waals surface area (Å²) in [6.45, 7) is 2.20. The van der Waals surface area contributed by atoms with Crippen molar-refractivity contribution in [3.05, 3.63) is 0 Å². The van der Waals surface area contributed by atoms with Crippen LogP contribution >= 0.6 is 0 Å². The standard InChI is InChI=1S/C6H12O3/c1-2-5-6(8)4(7)3-9-5/h4-8H,2-3H2,1H3/t4-,5+,6-/m0/s1. The van der Waals surface area contributed by atoms with Crippen molar-refractivity contribution in [1.29, 1.82) is 0 Å². The number of hydrogen-bond donors (Lipinski definition) is 2. The Bertz CT molecular complexity index is 94.3. The van der Waals surface area contributed by atoms with E-state index in [9.17, 15) is 0 Å². The molecule has 0 aromatic heterocycles. The van der Waals surface area contributed by atoms with Gasteiger partial charge in [-0.25, -0.2) is 0 Å². The molecule has 3 atom stereocenters. The second kappa shape index (κ2) is 2.64. The fourth-order valence-electron chi connectivity index (χ4n) is 1.03. The van der Waals surface area contributed by atoms with E-state index < -0.39 is 12.2 Å². The lowest BCUT2D eigenvalue weighted by atomic mass is 10.1. The van der Waals surface area contributed by atoms with E-state index in [1.54, 1.807) is 0 Å². The minimum atomic E-state index is -0.671. The quantitative estimate of drug-likeness (QED) is 0.506. The van der Waals surface area contributed by atoms with Crippen LogP contribution in [0.15, 0.2) is 0 Å². The van der Waals surface area contributed by atoms with Gasteiger partial charge in [0.15, 0.2) is 0 Å². The predicted molar refractivity (Wildman–Crippen MR) is 32.0 cm³/mol. The molecule has 1 heterocycles. The topological polar surface area (TPSA) is 49.7 Å². The van der Waals surface area contributed by atoms with E-state index in [1.165, 1.54) is 0 Å². The summed E-state index contributed by atoms with van der Waals surface area (Å²) in [5.74, 6) is 0. The van der Waals surface area contributed by atoms with E-state index in [0.29, 0.717) is 0 Å². The Morgan fingerprint density at radius 3 is 2.44 bits per heavy atom. The molecule has 1 aliphatic rings. The molecule has 0 aliphatic carbocycles. The fourth-order valence-corrected chi connectivity index (χ4v) is 1.03. The molecule has 0 spiro atoms. The lowest BCUT2D eigenvalue weighted by Gasteiger charge is -2.10. The number of ether oxygens (including phenoxy) is 1. The van der Waals surface area contributed by atoms with Gasteiger partial charge in [-0.3, -0.25) is 0 Å². The van der Waals surface area contributed by atoms with Crippen molar-refractivity contribution in [3.8, 4) is 0 Å². The SMILES string of the molecule is CC[C@H]1OC[C@H](O)[C@@H]1O. The molecule has 0 aromatic carbocycles. The molecular formula is C6H12O3. The zero-order valence-corrected chi connectivity index (χ0v) is 5.45. The van der Waals surface area contributed by atoms with Crippen molar-refractivity contribution in [2.45, 2.75) is 31.7 Å². The summed E-state index contributed by atoms with van der Waals surface area (Å²) in [7, 11) is 0. The first kappa shape index (κ1) is 6.99. The molecule has 9 heavy (non-hydrogen) atoms. The molecular weight excluding hydrogens is 120 g/mol. The Morgan fingerprint density at radius 1 is 1.56 bits per heavy atom. The minimum Gasteiger partial charge on any atom is -0.388 e. The van der Waals surface area contributed by atoms with Crippen molar-refractivity contribution in [2.24, 2.45) is 0 Å². The second-order valence-electron chi connectivity index (χ2n) is 2.34. The van der Waals surface area contributed by atoms with Crippen LogP contribution in [0.2, 0.25) is 0 Å². The largest absolute Gasteiger partial charge is 0.388 e. The average molecular weight is 132 g/mol. The zero-order chi connectivity index (χ0) is 6.85. The van der Waals surface area contributed by atoms with Gasteiger partial charge in [-0.2, -0.15) is 0 Å². The van der Waals surface area contributed by atoms with E-state index in [2.05, 4.69) is 0 Å². The molecule has 1 saturated heterocycles. The monoisotopic (exact) mass is 132 g/mol. The molecule has 2 N–H and O–H groups in total. The molecule has 0 radical (unpaired) electrons. The second-order valence-corrected chi connectivity index (χ2v) is 2.34. The average Bonchev–Trinajstić information content (AvgIpc) is 2.15. The van der Waals surface area contributed by atoms with Crippen molar-refractivity contribution >= 4 is 0 Å². The predicted octanol–water partition coefficient (Wildman–Crippen LogP) is -0.483. The molecule has 0 bridgehead atoms. The van der Waals surface area contributed by atoms with Crippen LogP contribution in [0.4, 0.5) is 0 Å². The van der Waals surface area contributed by atoms with Crippen molar-refractivity contribution < 1.29 is 14.9 Å². The Balaban J connectivity index is 2.41. The maximum Gasteiger partial charge on any atom is 0.108 e. The van der Waals surface area contributed by atoms with Crippen molar-refractivity contribution in [3.63, 3.8) is 0 Å². The Labute approximate surface area is 54.3 Å². The minimum absolute atomic E-state index is 0.153. The molecule has 1 aliphatic heterocycles. The highest BCUT2D eigenvalue weighted by molar-refractivity contribution is 4.81. The first-order valence-corrected chi connectivity index (χ1v) is 3.23. The maximum atomic E-state index is 9.08. The van der Waals surface area contributed by atoms with E-state index >= 15 is 0 Å². The van der Waals surface area contributed by atoms with Crippen LogP contribution in [-0.4, -0.2) is 35.1 Å². The molecule has 0 unspecified atom stereocenters. The molecule has 0 saturated carbocycles. The van der Waals surface area contributed by atoms with Gasteiger partial charge in [0, 0.05) is 0 Å². The summed E-state index contributed by atoms with van der Waals surface area (Å²) >= 11 is 0. The van der Waals surface area contributed by atoms with E-state index in [4.69, 9.17) is 14.9 Å². The molecule has 1 fully saturated rings. The van der Waals surface area contributed by atoms with Crippen molar-refractivity contribution in [1.82, 2.24) is 0 Å². The number of aliphatic hydroxyl groups excluding tert-OH is 2. The van der Waals surface area contributed by atoms with Crippen LogP contribution in [0.5, 0.6) is 0 Å². The van der Waals surface area contributed by atoms with Crippen LogP contribution in [0.25, 0.3) is 0 Å². The van der Waals surface area contributed by atoms with Gasteiger partial charge in [0.2, 0.25) is 0 Å². The van der Waals surface area contributed by atoms with E-state index in [1.807, 2.05) is 6.92 Å². The fraction of sp³-hybridized carbons (Fsp3) is 1.00. The highest BCUT2D eigenvalue weighted by Gasteiger charge is 2.32. The molecule has 3 nitrogen and oxygen atoms in total. The van der Waals surface area contributed by atoms with Gasteiger partial charge in [0.25, 0.3) is 0 Å². The van der Waals surface area contributed by atoms with Gasteiger partial charge >= 0.3 is 0 Å². The maximum absolute atomic E-state index is 9.08. The highest BCUT2D eigenvalue weighted by atomic mass is 16.5. The zero-order valence-electron chi connectivity index (χ0n) is 5.45. The third-order valence-corrected chi connectivity index (χ3v) is 1.66. The molecule has 54 valence electrons. The van der Waals surface area contributed by atoms with Gasteiger partial charge in [-0.1, -0.05) is 6.92 Å². The lowest BCUT2D eigenvalue weighted by Crippen LogP contribution is -2.29. The smallest absolute Gasteiger partial charge is 0.108 e. The Kier molecular flexibility index (Phi) is 2.05. The first-order valence-electron chi connectivity index (χ1n) is 3.23. The summed E-state index contributed by atoms with van der Waals surface area (Å²) in [5, 5.41) is 18.0. The third-order valence-electron chi connectivity index (χ3n) is 1.66. The summed E-state index contributed by atoms with van der Waals surface area (Å²) in [6, 6.07) is 0. The molecule has 3 heteroatoms. The normalized spacial score (nSPS) is 43.7. The molecule has 0 amide bonds. The Morgan fingerprint density at radius 2 is 2.22 bits per heavy atom. The van der Waals surface area contributed by atoms with Gasteiger partial charge in [0.05, 0.1) is 12.7 Å². The highest BCUT2D eigenvalue weighted by Crippen LogP contribution is 2.16. The molecule has 0 aromatic rings. The van der Waals surface area contributed by atoms with Crippen molar-refractivity contribution in [2.75, 3.05) is 6.61 Å². The van der Waals surface area contributed by atoms with Crippen LogP contribution in [0.1, 0.15) is 13.3 Å². The first-order chi connectivity index (χ1) is 4.25. The van der Waals surface area contributed by atoms with Crippen LogP contribution in [0, 0.1) is 0 Å². The number of hydrogen-bond acceptors (Lipinski definition) is 3. The van der Waals surface area contributed by atoms with Gasteiger partial charge in [0.1, 0.15) is 12.2 Å². The van der Waals surface area contributed by atoms with E-state index in [-0.39, 0.29) is 12.7 Å².